The molecule has 22 heavy (non-hydrogen) atoms. The minimum Gasteiger partial charge on any atom is -0.464 e. The number of ether oxygens (including phenoxy) is 1. The lowest BCUT2D eigenvalue weighted by Crippen LogP contribution is -2.51. The van der Waals surface area contributed by atoms with Crippen molar-refractivity contribution in [1.82, 2.24) is 14.7 Å². The smallest absolute Gasteiger partial charge is 0.331 e. The molecule has 7 nitrogen and oxygen atoms in total. The molecule has 0 saturated heterocycles. The van der Waals surface area contributed by atoms with Crippen LogP contribution in [0.25, 0.3) is 5.65 Å². The number of carbonyl (C=O) groups is 2. The molecular formula is C15H17N3O4. The molecule has 0 unspecified atom stereocenters. The SMILES string of the molecule is CCOC(=O)C(C)(C)NC(=O)c1cc(=O)n2ccccc2n1. The second kappa shape index (κ2) is 5.97. The molecule has 0 aliphatic rings. The fourth-order valence-corrected chi connectivity index (χ4v) is 1.88. The second-order valence-electron chi connectivity index (χ2n) is 5.21. The Balaban J connectivity index is 2.30. The quantitative estimate of drug-likeness (QED) is 0.842. The maximum Gasteiger partial charge on any atom is 0.331 e. The molecule has 2 heterocycles. The van der Waals surface area contributed by atoms with Gasteiger partial charge in [-0.2, -0.15) is 0 Å². The molecule has 1 amide bonds. The molecule has 1 N–H and O–H groups in total. The number of carbonyl (C=O) groups excluding carboxylic acids is 2. The van der Waals surface area contributed by atoms with Gasteiger partial charge >= 0.3 is 5.97 Å². The van der Waals surface area contributed by atoms with Gasteiger partial charge in [-0.05, 0) is 32.9 Å². The van der Waals surface area contributed by atoms with Crippen molar-refractivity contribution in [3.8, 4) is 0 Å². The van der Waals surface area contributed by atoms with Gasteiger partial charge in [-0.3, -0.25) is 14.0 Å². The summed E-state index contributed by atoms with van der Waals surface area (Å²) in [7, 11) is 0. The van der Waals surface area contributed by atoms with E-state index in [-0.39, 0.29) is 17.9 Å². The molecule has 2 aromatic rings. The van der Waals surface area contributed by atoms with E-state index in [2.05, 4.69) is 10.3 Å². The van der Waals surface area contributed by atoms with Crippen LogP contribution in [0.5, 0.6) is 0 Å². The zero-order chi connectivity index (χ0) is 16.3. The third-order valence-corrected chi connectivity index (χ3v) is 3.02. The van der Waals surface area contributed by atoms with Gasteiger partial charge < -0.3 is 10.1 Å². The predicted molar refractivity (Wildman–Crippen MR) is 79.6 cm³/mol. The van der Waals surface area contributed by atoms with Crippen LogP contribution >= 0.6 is 0 Å². The lowest BCUT2D eigenvalue weighted by Gasteiger charge is -2.23. The van der Waals surface area contributed by atoms with Gasteiger partial charge in [-0.25, -0.2) is 9.78 Å². The van der Waals surface area contributed by atoms with Gasteiger partial charge in [0.15, 0.2) is 0 Å². The molecule has 0 aromatic carbocycles. The van der Waals surface area contributed by atoms with Crippen molar-refractivity contribution in [2.45, 2.75) is 26.3 Å². The molecule has 0 saturated carbocycles. The highest BCUT2D eigenvalue weighted by molar-refractivity contribution is 5.96. The van der Waals surface area contributed by atoms with Crippen LogP contribution in [-0.4, -0.2) is 33.4 Å². The van der Waals surface area contributed by atoms with Crippen LogP contribution < -0.4 is 10.9 Å². The molecule has 116 valence electrons. The largest absolute Gasteiger partial charge is 0.464 e. The topological polar surface area (TPSA) is 89.8 Å². The molecular weight excluding hydrogens is 286 g/mol. The number of amides is 1. The van der Waals surface area contributed by atoms with E-state index in [1.807, 2.05) is 0 Å². The number of esters is 1. The van der Waals surface area contributed by atoms with Crippen LogP contribution in [0, 0.1) is 0 Å². The first kappa shape index (κ1) is 15.7. The lowest BCUT2D eigenvalue weighted by molar-refractivity contribution is -0.149. The fraction of sp³-hybridized carbons (Fsp3) is 0.333. The van der Waals surface area contributed by atoms with Gasteiger partial charge in [-0.1, -0.05) is 6.07 Å². The van der Waals surface area contributed by atoms with Gasteiger partial charge in [0.05, 0.1) is 6.61 Å². The molecule has 0 fully saturated rings. The summed E-state index contributed by atoms with van der Waals surface area (Å²) in [5.74, 6) is -1.16. The molecule has 2 rings (SSSR count). The Morgan fingerprint density at radius 1 is 1.36 bits per heavy atom. The maximum absolute atomic E-state index is 12.2. The number of aromatic nitrogens is 2. The second-order valence-corrected chi connectivity index (χ2v) is 5.21. The van der Waals surface area contributed by atoms with E-state index in [1.54, 1.807) is 31.3 Å². The highest BCUT2D eigenvalue weighted by Crippen LogP contribution is 2.07. The number of pyridine rings is 1. The number of hydrogen-bond acceptors (Lipinski definition) is 5. The first-order valence-electron chi connectivity index (χ1n) is 6.83. The Hall–Kier alpha value is -2.70. The standard InChI is InChI=1S/C15H17N3O4/c1-4-22-14(21)15(2,3)17-13(20)10-9-12(19)18-8-6-5-7-11(18)16-10/h5-9H,4H2,1-3H3,(H,17,20). The van der Waals surface area contributed by atoms with Crippen molar-refractivity contribution in [2.24, 2.45) is 0 Å². The first-order valence-corrected chi connectivity index (χ1v) is 6.83. The molecule has 0 bridgehead atoms. The number of hydrogen-bond donors (Lipinski definition) is 1. The zero-order valence-corrected chi connectivity index (χ0v) is 12.6. The lowest BCUT2D eigenvalue weighted by atomic mass is 10.1. The molecule has 0 radical (unpaired) electrons. The van der Waals surface area contributed by atoms with Crippen LogP contribution in [0.1, 0.15) is 31.3 Å². The molecule has 0 aliphatic heterocycles. The maximum atomic E-state index is 12.2. The minimum atomic E-state index is -1.21. The van der Waals surface area contributed by atoms with Crippen molar-refractivity contribution in [2.75, 3.05) is 6.61 Å². The third kappa shape index (κ3) is 3.13. The summed E-state index contributed by atoms with van der Waals surface area (Å²) >= 11 is 0. The van der Waals surface area contributed by atoms with Crippen molar-refractivity contribution < 1.29 is 14.3 Å². The van der Waals surface area contributed by atoms with E-state index in [4.69, 9.17) is 4.74 Å². The average molecular weight is 303 g/mol. The van der Waals surface area contributed by atoms with E-state index in [9.17, 15) is 14.4 Å². The van der Waals surface area contributed by atoms with Crippen molar-refractivity contribution >= 4 is 17.5 Å². The minimum absolute atomic E-state index is 0.0476. The third-order valence-electron chi connectivity index (χ3n) is 3.02. The summed E-state index contributed by atoms with van der Waals surface area (Å²) in [4.78, 5) is 40.1. The zero-order valence-electron chi connectivity index (χ0n) is 12.6. The van der Waals surface area contributed by atoms with Crippen molar-refractivity contribution in [1.29, 1.82) is 0 Å². The van der Waals surface area contributed by atoms with Gasteiger partial charge in [0.1, 0.15) is 16.9 Å². The molecule has 0 spiro atoms. The number of nitrogens with zero attached hydrogens (tertiary/aromatic N) is 2. The van der Waals surface area contributed by atoms with E-state index in [1.165, 1.54) is 18.2 Å². The highest BCUT2D eigenvalue weighted by Gasteiger charge is 2.31. The Morgan fingerprint density at radius 2 is 2.09 bits per heavy atom. The normalized spacial score (nSPS) is 11.2. The van der Waals surface area contributed by atoms with Gasteiger partial charge in [0.25, 0.3) is 11.5 Å². The number of nitrogens with one attached hydrogen (secondary N) is 1. The summed E-state index contributed by atoms with van der Waals surface area (Å²) in [6, 6.07) is 6.16. The summed E-state index contributed by atoms with van der Waals surface area (Å²) in [6.07, 6.45) is 1.56. The fourth-order valence-electron chi connectivity index (χ4n) is 1.88. The van der Waals surface area contributed by atoms with Gasteiger partial charge in [-0.15, -0.1) is 0 Å². The Morgan fingerprint density at radius 3 is 2.77 bits per heavy atom. The van der Waals surface area contributed by atoms with Crippen LogP contribution in [0.2, 0.25) is 0 Å². The summed E-state index contributed by atoms with van der Waals surface area (Å²) in [6.45, 7) is 4.95. The van der Waals surface area contributed by atoms with E-state index < -0.39 is 17.4 Å². The Kier molecular flexibility index (Phi) is 4.25. The van der Waals surface area contributed by atoms with Crippen LogP contribution in [0.3, 0.4) is 0 Å². The molecule has 0 aliphatic carbocycles. The molecule has 7 heteroatoms. The first-order chi connectivity index (χ1) is 10.3. The van der Waals surface area contributed by atoms with Crippen molar-refractivity contribution in [3.63, 3.8) is 0 Å². The predicted octanol–water partition coefficient (Wildman–Crippen LogP) is 0.766. The summed E-state index contributed by atoms with van der Waals surface area (Å²) < 4.78 is 6.22. The number of fused-ring (bicyclic) bond motifs is 1. The Bertz CT molecular complexity index is 780. The monoisotopic (exact) mass is 303 g/mol. The van der Waals surface area contributed by atoms with Gasteiger partial charge in [0, 0.05) is 12.3 Å². The molecule has 2 aromatic heterocycles. The number of rotatable bonds is 4. The molecule has 0 atom stereocenters. The van der Waals surface area contributed by atoms with Crippen LogP contribution in [0.4, 0.5) is 0 Å². The van der Waals surface area contributed by atoms with E-state index in [0.717, 1.165) is 6.07 Å². The summed E-state index contributed by atoms with van der Waals surface area (Å²) in [5, 5.41) is 2.52. The van der Waals surface area contributed by atoms with E-state index >= 15 is 0 Å². The summed E-state index contributed by atoms with van der Waals surface area (Å²) in [5.41, 5.74) is -1.27. The van der Waals surface area contributed by atoms with E-state index in [0.29, 0.717) is 5.65 Å². The van der Waals surface area contributed by atoms with Gasteiger partial charge in [0.2, 0.25) is 0 Å². The Labute approximate surface area is 126 Å². The van der Waals surface area contributed by atoms with Crippen LogP contribution in [0.15, 0.2) is 35.3 Å². The van der Waals surface area contributed by atoms with Crippen LogP contribution in [-0.2, 0) is 9.53 Å². The average Bonchev–Trinajstić information content (AvgIpc) is 2.47. The van der Waals surface area contributed by atoms with Crippen molar-refractivity contribution in [3.05, 3.63) is 46.5 Å². The highest BCUT2D eigenvalue weighted by atomic mass is 16.5.